The van der Waals surface area contributed by atoms with Crippen LogP contribution in [0.1, 0.15) is 21.5 Å². The molecule has 0 aliphatic carbocycles. The minimum atomic E-state index is 0. The molecule has 18 heavy (non-hydrogen) atoms. The van der Waals surface area contributed by atoms with Crippen molar-refractivity contribution >= 4 is 18.2 Å². The standard InChI is InChI=1S/C15H15NO.ClH/c1-16-11-13-9-5-6-10-14(13)15(17)12-7-3-2-4-8-12;/h2-10,16H,11H2,1H3;1H. The highest BCUT2D eigenvalue weighted by Gasteiger charge is 2.11. The second kappa shape index (κ2) is 6.94. The van der Waals surface area contributed by atoms with Gasteiger partial charge in [-0.25, -0.2) is 0 Å². The molecule has 0 bridgehead atoms. The third-order valence-corrected chi connectivity index (χ3v) is 2.67. The maximum atomic E-state index is 12.3. The first-order chi connectivity index (χ1) is 8.33. The quantitative estimate of drug-likeness (QED) is 0.857. The summed E-state index contributed by atoms with van der Waals surface area (Å²) in [5.74, 6) is 0.0800. The zero-order valence-corrected chi connectivity index (χ0v) is 11.0. The first-order valence-corrected chi connectivity index (χ1v) is 5.65. The Morgan fingerprint density at radius 3 is 2.28 bits per heavy atom. The lowest BCUT2D eigenvalue weighted by molar-refractivity contribution is 0.103. The van der Waals surface area contributed by atoms with Gasteiger partial charge in [0, 0.05) is 17.7 Å². The van der Waals surface area contributed by atoms with E-state index in [0.717, 1.165) is 16.7 Å². The van der Waals surface area contributed by atoms with Gasteiger partial charge in [-0.1, -0.05) is 54.6 Å². The van der Waals surface area contributed by atoms with Gasteiger partial charge in [-0.3, -0.25) is 4.79 Å². The molecule has 0 heterocycles. The molecule has 0 saturated heterocycles. The van der Waals surface area contributed by atoms with Gasteiger partial charge >= 0.3 is 0 Å². The number of carbonyl (C=O) groups is 1. The molecule has 0 aromatic heterocycles. The molecule has 2 rings (SSSR count). The number of hydrogen-bond acceptors (Lipinski definition) is 2. The molecule has 1 N–H and O–H groups in total. The summed E-state index contributed by atoms with van der Waals surface area (Å²) in [7, 11) is 1.88. The highest BCUT2D eigenvalue weighted by Crippen LogP contribution is 2.14. The van der Waals surface area contributed by atoms with Crippen LogP contribution in [0.3, 0.4) is 0 Å². The highest BCUT2D eigenvalue weighted by molar-refractivity contribution is 6.09. The number of benzene rings is 2. The molecule has 2 aromatic carbocycles. The normalized spacial score (nSPS) is 9.61. The third-order valence-electron chi connectivity index (χ3n) is 2.67. The molecule has 94 valence electrons. The van der Waals surface area contributed by atoms with Crippen molar-refractivity contribution in [2.45, 2.75) is 6.54 Å². The molecule has 2 nitrogen and oxygen atoms in total. The van der Waals surface area contributed by atoms with Crippen LogP contribution in [0, 0.1) is 0 Å². The van der Waals surface area contributed by atoms with Gasteiger partial charge in [-0.05, 0) is 12.6 Å². The second-order valence-electron chi connectivity index (χ2n) is 3.88. The van der Waals surface area contributed by atoms with Crippen LogP contribution in [-0.4, -0.2) is 12.8 Å². The van der Waals surface area contributed by atoms with E-state index in [0.29, 0.717) is 6.54 Å². The SMILES string of the molecule is CNCc1ccccc1C(=O)c1ccccc1.Cl. The van der Waals surface area contributed by atoms with Crippen molar-refractivity contribution in [3.8, 4) is 0 Å². The zero-order valence-electron chi connectivity index (χ0n) is 10.2. The number of nitrogens with one attached hydrogen (secondary N) is 1. The van der Waals surface area contributed by atoms with E-state index in [4.69, 9.17) is 0 Å². The largest absolute Gasteiger partial charge is 0.316 e. The van der Waals surface area contributed by atoms with E-state index < -0.39 is 0 Å². The smallest absolute Gasteiger partial charge is 0.193 e. The lowest BCUT2D eigenvalue weighted by Crippen LogP contribution is -2.11. The number of rotatable bonds is 4. The molecule has 0 saturated carbocycles. The molecular formula is C15H16ClNO. The molecule has 2 aromatic rings. The molecule has 0 spiro atoms. The Morgan fingerprint density at radius 1 is 1.00 bits per heavy atom. The molecule has 0 fully saturated rings. The lowest BCUT2D eigenvalue weighted by atomic mass is 9.98. The van der Waals surface area contributed by atoms with E-state index in [-0.39, 0.29) is 18.2 Å². The van der Waals surface area contributed by atoms with Gasteiger partial charge < -0.3 is 5.32 Å². The Bertz CT molecular complexity index is 511. The summed E-state index contributed by atoms with van der Waals surface area (Å²) in [6, 6.07) is 17.1. The van der Waals surface area contributed by atoms with E-state index in [1.807, 2.05) is 61.6 Å². The molecular weight excluding hydrogens is 246 g/mol. The van der Waals surface area contributed by atoms with Crippen LogP contribution in [0.5, 0.6) is 0 Å². The van der Waals surface area contributed by atoms with Gasteiger partial charge in [-0.15, -0.1) is 12.4 Å². The van der Waals surface area contributed by atoms with Gasteiger partial charge in [0.15, 0.2) is 5.78 Å². The number of halogens is 1. The van der Waals surface area contributed by atoms with Gasteiger partial charge in [0.2, 0.25) is 0 Å². The summed E-state index contributed by atoms with van der Waals surface area (Å²) in [6.07, 6.45) is 0. The topological polar surface area (TPSA) is 29.1 Å². The van der Waals surface area contributed by atoms with Crippen LogP contribution in [0.2, 0.25) is 0 Å². The van der Waals surface area contributed by atoms with Crippen LogP contribution in [0.25, 0.3) is 0 Å². The summed E-state index contributed by atoms with van der Waals surface area (Å²) in [5.41, 5.74) is 2.54. The number of hydrogen-bond donors (Lipinski definition) is 1. The fourth-order valence-corrected chi connectivity index (χ4v) is 1.83. The van der Waals surface area contributed by atoms with Gasteiger partial charge in [-0.2, -0.15) is 0 Å². The minimum Gasteiger partial charge on any atom is -0.316 e. The number of ketones is 1. The maximum Gasteiger partial charge on any atom is 0.193 e. The van der Waals surface area contributed by atoms with Gasteiger partial charge in [0.1, 0.15) is 0 Å². The van der Waals surface area contributed by atoms with E-state index in [1.54, 1.807) is 0 Å². The Hall–Kier alpha value is -1.64. The molecule has 0 aliphatic rings. The minimum absolute atomic E-state index is 0. The second-order valence-corrected chi connectivity index (χ2v) is 3.88. The van der Waals surface area contributed by atoms with Crippen molar-refractivity contribution in [2.24, 2.45) is 0 Å². The predicted octanol–water partition coefficient (Wildman–Crippen LogP) is 3.06. The molecule has 0 radical (unpaired) electrons. The van der Waals surface area contributed by atoms with Gasteiger partial charge in [0.25, 0.3) is 0 Å². The van der Waals surface area contributed by atoms with Crippen molar-refractivity contribution in [3.05, 3.63) is 71.3 Å². The Morgan fingerprint density at radius 2 is 1.61 bits per heavy atom. The van der Waals surface area contributed by atoms with Crippen molar-refractivity contribution < 1.29 is 4.79 Å². The van der Waals surface area contributed by atoms with Crippen LogP contribution < -0.4 is 5.32 Å². The molecule has 0 aliphatic heterocycles. The molecule has 3 heteroatoms. The van der Waals surface area contributed by atoms with E-state index >= 15 is 0 Å². The molecule has 0 unspecified atom stereocenters. The lowest BCUT2D eigenvalue weighted by Gasteiger charge is -2.07. The van der Waals surface area contributed by atoms with E-state index in [9.17, 15) is 4.79 Å². The van der Waals surface area contributed by atoms with Crippen LogP contribution >= 0.6 is 12.4 Å². The van der Waals surface area contributed by atoms with Gasteiger partial charge in [0.05, 0.1) is 0 Å². The summed E-state index contributed by atoms with van der Waals surface area (Å²) < 4.78 is 0. The van der Waals surface area contributed by atoms with Crippen molar-refractivity contribution in [3.63, 3.8) is 0 Å². The van der Waals surface area contributed by atoms with Crippen molar-refractivity contribution in [1.82, 2.24) is 5.32 Å². The third kappa shape index (κ3) is 3.19. The monoisotopic (exact) mass is 261 g/mol. The first kappa shape index (κ1) is 14.4. The summed E-state index contributed by atoms with van der Waals surface area (Å²) >= 11 is 0. The van der Waals surface area contributed by atoms with Crippen LogP contribution in [0.4, 0.5) is 0 Å². The van der Waals surface area contributed by atoms with Crippen LogP contribution in [-0.2, 0) is 6.54 Å². The average Bonchev–Trinajstić information content (AvgIpc) is 2.40. The van der Waals surface area contributed by atoms with Crippen LogP contribution in [0.15, 0.2) is 54.6 Å². The first-order valence-electron chi connectivity index (χ1n) is 5.65. The maximum absolute atomic E-state index is 12.3. The molecule has 0 atom stereocenters. The highest BCUT2D eigenvalue weighted by atomic mass is 35.5. The average molecular weight is 262 g/mol. The fourth-order valence-electron chi connectivity index (χ4n) is 1.83. The molecule has 0 amide bonds. The zero-order chi connectivity index (χ0) is 12.1. The number of carbonyl (C=O) groups excluding carboxylic acids is 1. The Labute approximate surface area is 113 Å². The predicted molar refractivity (Wildman–Crippen MR) is 76.3 cm³/mol. The van der Waals surface area contributed by atoms with E-state index in [2.05, 4.69) is 5.32 Å². The summed E-state index contributed by atoms with van der Waals surface area (Å²) in [6.45, 7) is 0.703. The summed E-state index contributed by atoms with van der Waals surface area (Å²) in [4.78, 5) is 12.3. The van der Waals surface area contributed by atoms with E-state index in [1.165, 1.54) is 0 Å². The van der Waals surface area contributed by atoms with Crippen molar-refractivity contribution in [1.29, 1.82) is 0 Å². The Balaban J connectivity index is 0.00000162. The van der Waals surface area contributed by atoms with Crippen molar-refractivity contribution in [2.75, 3.05) is 7.05 Å². The Kier molecular flexibility index (Phi) is 5.56. The summed E-state index contributed by atoms with van der Waals surface area (Å²) in [5, 5.41) is 3.08. The fraction of sp³-hybridized carbons (Fsp3) is 0.133.